The van der Waals surface area contributed by atoms with Crippen molar-refractivity contribution in [2.24, 2.45) is 0 Å². The minimum atomic E-state index is 0.518. The molecular weight excluding hydrogens is 260 g/mol. The first-order valence-corrected chi connectivity index (χ1v) is 7.15. The van der Waals surface area contributed by atoms with Crippen LogP contribution in [0.1, 0.15) is 19.3 Å². The molecule has 3 rings (SSSR count). The summed E-state index contributed by atoms with van der Waals surface area (Å²) in [5.74, 6) is 0.557. The van der Waals surface area contributed by atoms with Gasteiger partial charge in [0.25, 0.3) is 0 Å². The van der Waals surface area contributed by atoms with Gasteiger partial charge >= 0.3 is 0 Å². The number of rotatable bonds is 2. The molecule has 1 aromatic heterocycles. The van der Waals surface area contributed by atoms with Crippen LogP contribution in [0, 0.1) is 0 Å². The predicted octanol–water partition coefficient (Wildman–Crippen LogP) is 2.76. The topological polar surface area (TPSA) is 47.1 Å². The number of likely N-dealkylation sites (tertiary alicyclic amines) is 1. The lowest BCUT2D eigenvalue weighted by Crippen LogP contribution is -2.39. The van der Waals surface area contributed by atoms with Gasteiger partial charge in [0.2, 0.25) is 5.95 Å². The van der Waals surface area contributed by atoms with Crippen molar-refractivity contribution in [2.45, 2.75) is 31.8 Å². The molecule has 2 N–H and O–H groups in total. The van der Waals surface area contributed by atoms with Gasteiger partial charge in [-0.15, -0.1) is 0 Å². The molecule has 1 saturated heterocycles. The SMILES string of the molecule is CN1CCCCC1Cn1c(N)nc2cccc(Cl)c21. The fourth-order valence-corrected chi connectivity index (χ4v) is 3.20. The minimum absolute atomic E-state index is 0.518. The Morgan fingerprint density at radius 1 is 1.42 bits per heavy atom. The van der Waals surface area contributed by atoms with Crippen molar-refractivity contribution in [1.82, 2.24) is 14.5 Å². The zero-order valence-corrected chi connectivity index (χ0v) is 11.9. The summed E-state index contributed by atoms with van der Waals surface area (Å²) in [4.78, 5) is 6.81. The van der Waals surface area contributed by atoms with Crippen LogP contribution in [0.4, 0.5) is 5.95 Å². The number of fused-ring (bicyclic) bond motifs is 1. The van der Waals surface area contributed by atoms with E-state index in [1.807, 2.05) is 18.2 Å². The molecule has 19 heavy (non-hydrogen) atoms. The number of nitrogen functional groups attached to an aromatic ring is 1. The number of hydrogen-bond donors (Lipinski definition) is 1. The second-order valence-electron chi connectivity index (χ2n) is 5.32. The van der Waals surface area contributed by atoms with Crippen molar-refractivity contribution >= 4 is 28.6 Å². The minimum Gasteiger partial charge on any atom is -0.369 e. The summed E-state index contributed by atoms with van der Waals surface area (Å²) in [6, 6.07) is 6.28. The van der Waals surface area contributed by atoms with Gasteiger partial charge in [-0.3, -0.25) is 0 Å². The number of nitrogens with zero attached hydrogens (tertiary/aromatic N) is 3. The average Bonchev–Trinajstić information content (AvgIpc) is 2.70. The summed E-state index contributed by atoms with van der Waals surface area (Å²) in [7, 11) is 2.18. The zero-order chi connectivity index (χ0) is 13.4. The Morgan fingerprint density at radius 2 is 2.26 bits per heavy atom. The Labute approximate surface area is 118 Å². The number of aromatic nitrogens is 2. The molecule has 0 radical (unpaired) electrons. The van der Waals surface area contributed by atoms with Gasteiger partial charge in [0.05, 0.1) is 16.1 Å². The first kappa shape index (κ1) is 12.8. The average molecular weight is 279 g/mol. The van der Waals surface area contributed by atoms with Crippen LogP contribution in [0.25, 0.3) is 11.0 Å². The van der Waals surface area contributed by atoms with Gasteiger partial charge in [0.15, 0.2) is 0 Å². The fourth-order valence-electron chi connectivity index (χ4n) is 2.93. The van der Waals surface area contributed by atoms with E-state index in [-0.39, 0.29) is 0 Å². The van der Waals surface area contributed by atoms with E-state index in [0.29, 0.717) is 12.0 Å². The Bertz CT molecular complexity index is 592. The van der Waals surface area contributed by atoms with Crippen LogP contribution in [0.15, 0.2) is 18.2 Å². The van der Waals surface area contributed by atoms with Gasteiger partial charge in [0.1, 0.15) is 0 Å². The molecule has 1 aromatic carbocycles. The molecule has 2 heterocycles. The highest BCUT2D eigenvalue weighted by Crippen LogP contribution is 2.27. The lowest BCUT2D eigenvalue weighted by atomic mass is 10.0. The Kier molecular flexibility index (Phi) is 3.37. The van der Waals surface area contributed by atoms with E-state index < -0.39 is 0 Å². The van der Waals surface area contributed by atoms with E-state index in [4.69, 9.17) is 17.3 Å². The molecule has 0 spiro atoms. The highest BCUT2D eigenvalue weighted by Gasteiger charge is 2.21. The molecule has 4 nitrogen and oxygen atoms in total. The maximum absolute atomic E-state index is 6.30. The monoisotopic (exact) mass is 278 g/mol. The van der Waals surface area contributed by atoms with E-state index in [1.165, 1.54) is 19.3 Å². The molecular formula is C14H19ClN4. The Balaban J connectivity index is 1.98. The van der Waals surface area contributed by atoms with Crippen LogP contribution in [-0.4, -0.2) is 34.1 Å². The van der Waals surface area contributed by atoms with E-state index in [0.717, 1.165) is 29.1 Å². The van der Waals surface area contributed by atoms with E-state index >= 15 is 0 Å². The molecule has 1 aliphatic rings. The van der Waals surface area contributed by atoms with Crippen LogP contribution in [-0.2, 0) is 6.54 Å². The molecule has 2 aromatic rings. The second kappa shape index (κ2) is 5.02. The van der Waals surface area contributed by atoms with Crippen molar-refractivity contribution < 1.29 is 0 Å². The highest BCUT2D eigenvalue weighted by molar-refractivity contribution is 6.35. The first-order chi connectivity index (χ1) is 9.16. The molecule has 1 aliphatic heterocycles. The maximum atomic E-state index is 6.30. The number of piperidine rings is 1. The molecule has 0 amide bonds. The summed E-state index contributed by atoms with van der Waals surface area (Å²) in [5.41, 5.74) is 7.90. The number of nitrogens with two attached hydrogens (primary N) is 1. The fraction of sp³-hybridized carbons (Fsp3) is 0.500. The third-order valence-electron chi connectivity index (χ3n) is 4.06. The van der Waals surface area contributed by atoms with Crippen molar-refractivity contribution in [3.63, 3.8) is 0 Å². The van der Waals surface area contributed by atoms with Gasteiger partial charge in [-0.25, -0.2) is 4.98 Å². The van der Waals surface area contributed by atoms with Crippen molar-refractivity contribution in [3.05, 3.63) is 23.2 Å². The van der Waals surface area contributed by atoms with Gasteiger partial charge in [-0.2, -0.15) is 0 Å². The molecule has 102 valence electrons. The maximum Gasteiger partial charge on any atom is 0.201 e. The van der Waals surface area contributed by atoms with Gasteiger partial charge in [-0.05, 0) is 38.6 Å². The first-order valence-electron chi connectivity index (χ1n) is 6.77. The van der Waals surface area contributed by atoms with Crippen molar-refractivity contribution in [2.75, 3.05) is 19.3 Å². The number of likely N-dealkylation sites (N-methyl/N-ethyl adjacent to an activating group) is 1. The van der Waals surface area contributed by atoms with Crippen LogP contribution < -0.4 is 5.73 Å². The Morgan fingerprint density at radius 3 is 3.05 bits per heavy atom. The van der Waals surface area contributed by atoms with Crippen molar-refractivity contribution in [1.29, 1.82) is 0 Å². The molecule has 0 aliphatic carbocycles. The second-order valence-corrected chi connectivity index (χ2v) is 5.73. The van der Waals surface area contributed by atoms with E-state index in [1.54, 1.807) is 0 Å². The smallest absolute Gasteiger partial charge is 0.201 e. The van der Waals surface area contributed by atoms with Crippen molar-refractivity contribution in [3.8, 4) is 0 Å². The van der Waals surface area contributed by atoms with Crippen LogP contribution in [0.5, 0.6) is 0 Å². The molecule has 0 saturated carbocycles. The van der Waals surface area contributed by atoms with Gasteiger partial charge in [-0.1, -0.05) is 24.1 Å². The number of imidazole rings is 1. The van der Waals surface area contributed by atoms with Crippen LogP contribution in [0.3, 0.4) is 0 Å². The summed E-state index contributed by atoms with van der Waals surface area (Å²) >= 11 is 6.30. The molecule has 1 unspecified atom stereocenters. The Hall–Kier alpha value is -1.26. The quantitative estimate of drug-likeness (QED) is 0.919. The van der Waals surface area contributed by atoms with Crippen LogP contribution in [0.2, 0.25) is 5.02 Å². The zero-order valence-electron chi connectivity index (χ0n) is 11.1. The lowest BCUT2D eigenvalue weighted by molar-refractivity contribution is 0.169. The van der Waals surface area contributed by atoms with E-state index in [9.17, 15) is 0 Å². The number of hydrogen-bond acceptors (Lipinski definition) is 3. The lowest BCUT2D eigenvalue weighted by Gasteiger charge is -2.33. The molecule has 5 heteroatoms. The number of halogens is 1. The normalized spacial score (nSPS) is 21.1. The van der Waals surface area contributed by atoms with Crippen LogP contribution >= 0.6 is 11.6 Å². The summed E-state index contributed by atoms with van der Waals surface area (Å²) in [5, 5.41) is 0.722. The van der Waals surface area contributed by atoms with E-state index in [2.05, 4.69) is 21.5 Å². The number of anilines is 1. The standard InChI is InChI=1S/C14H19ClN4/c1-18-8-3-2-5-10(18)9-19-13-11(15)6-4-7-12(13)17-14(19)16/h4,6-7,10H,2-3,5,8-9H2,1H3,(H2,16,17). The third-order valence-corrected chi connectivity index (χ3v) is 4.37. The predicted molar refractivity (Wildman–Crippen MR) is 79.4 cm³/mol. The summed E-state index contributed by atoms with van der Waals surface area (Å²) in [6.07, 6.45) is 3.78. The summed E-state index contributed by atoms with van der Waals surface area (Å²) < 4.78 is 2.06. The molecule has 1 fully saturated rings. The molecule has 0 bridgehead atoms. The summed E-state index contributed by atoms with van der Waals surface area (Å²) in [6.45, 7) is 2.02. The largest absolute Gasteiger partial charge is 0.369 e. The van der Waals surface area contributed by atoms with Gasteiger partial charge in [0, 0.05) is 12.6 Å². The molecule has 1 atom stereocenters. The highest BCUT2D eigenvalue weighted by atomic mass is 35.5. The van der Waals surface area contributed by atoms with Gasteiger partial charge < -0.3 is 15.2 Å². The third kappa shape index (κ3) is 2.30. The number of benzene rings is 1. The number of para-hydroxylation sites is 1.